The van der Waals surface area contributed by atoms with E-state index in [0.29, 0.717) is 29.8 Å². The van der Waals surface area contributed by atoms with Gasteiger partial charge in [-0.1, -0.05) is 6.07 Å². The standard InChI is InChI=1S/C17H29N3O3/c1-7-18-17(20-12(2)3)19-11-10-13-8-9-14(21-4)16(23-6)15(13)22-5/h8-9,12H,7,10-11H2,1-6H3,(H2,18,19,20). The summed E-state index contributed by atoms with van der Waals surface area (Å²) in [6.45, 7) is 7.70. The summed E-state index contributed by atoms with van der Waals surface area (Å²) in [5, 5.41) is 6.53. The first-order valence-electron chi connectivity index (χ1n) is 7.90. The van der Waals surface area contributed by atoms with Crippen molar-refractivity contribution in [3.63, 3.8) is 0 Å². The molecule has 0 aliphatic rings. The zero-order chi connectivity index (χ0) is 17.2. The molecule has 0 heterocycles. The third-order valence-electron chi connectivity index (χ3n) is 3.21. The smallest absolute Gasteiger partial charge is 0.203 e. The van der Waals surface area contributed by atoms with E-state index in [4.69, 9.17) is 14.2 Å². The summed E-state index contributed by atoms with van der Waals surface area (Å²) in [5.74, 6) is 2.79. The summed E-state index contributed by atoms with van der Waals surface area (Å²) in [6, 6.07) is 4.21. The van der Waals surface area contributed by atoms with Crippen molar-refractivity contribution in [2.75, 3.05) is 34.4 Å². The molecule has 0 aliphatic carbocycles. The first kappa shape index (κ1) is 18.9. The van der Waals surface area contributed by atoms with Crippen molar-refractivity contribution in [1.82, 2.24) is 10.6 Å². The Labute approximate surface area is 139 Å². The summed E-state index contributed by atoms with van der Waals surface area (Å²) in [7, 11) is 4.86. The number of rotatable bonds is 8. The Morgan fingerprint density at radius 3 is 2.30 bits per heavy atom. The summed E-state index contributed by atoms with van der Waals surface area (Å²) in [4.78, 5) is 4.59. The van der Waals surface area contributed by atoms with Gasteiger partial charge in [0, 0.05) is 24.7 Å². The Morgan fingerprint density at radius 2 is 1.78 bits per heavy atom. The van der Waals surface area contributed by atoms with Crippen molar-refractivity contribution in [3.8, 4) is 17.2 Å². The first-order chi connectivity index (χ1) is 11.1. The minimum absolute atomic E-state index is 0.336. The van der Waals surface area contributed by atoms with Gasteiger partial charge in [-0.2, -0.15) is 0 Å². The van der Waals surface area contributed by atoms with Crippen molar-refractivity contribution >= 4 is 5.96 Å². The Kier molecular flexibility index (Phi) is 8.08. The largest absolute Gasteiger partial charge is 0.493 e. The Morgan fingerprint density at radius 1 is 1.09 bits per heavy atom. The fourth-order valence-electron chi connectivity index (χ4n) is 2.24. The van der Waals surface area contributed by atoms with Crippen LogP contribution in [0.3, 0.4) is 0 Å². The zero-order valence-corrected chi connectivity index (χ0v) is 15.0. The maximum absolute atomic E-state index is 5.49. The molecule has 6 nitrogen and oxygen atoms in total. The number of methoxy groups -OCH3 is 3. The molecule has 1 rings (SSSR count). The van der Waals surface area contributed by atoms with Crippen LogP contribution in [0.1, 0.15) is 26.3 Å². The summed E-state index contributed by atoms with van der Waals surface area (Å²) in [5.41, 5.74) is 1.04. The lowest BCUT2D eigenvalue weighted by molar-refractivity contribution is 0.322. The predicted octanol–water partition coefficient (Wildman–Crippen LogP) is 2.22. The third kappa shape index (κ3) is 5.54. The highest BCUT2D eigenvalue weighted by molar-refractivity contribution is 5.80. The molecule has 0 bridgehead atoms. The minimum Gasteiger partial charge on any atom is -0.493 e. The molecule has 23 heavy (non-hydrogen) atoms. The molecule has 0 atom stereocenters. The van der Waals surface area contributed by atoms with Gasteiger partial charge in [-0.05, 0) is 33.3 Å². The van der Waals surface area contributed by atoms with Crippen LogP contribution in [0.15, 0.2) is 17.1 Å². The van der Waals surface area contributed by atoms with Gasteiger partial charge in [-0.25, -0.2) is 0 Å². The van der Waals surface area contributed by atoms with Crippen molar-refractivity contribution in [1.29, 1.82) is 0 Å². The van der Waals surface area contributed by atoms with E-state index in [9.17, 15) is 0 Å². The number of ether oxygens (including phenoxy) is 3. The quantitative estimate of drug-likeness (QED) is 0.567. The number of aliphatic imine (C=N–C) groups is 1. The van der Waals surface area contributed by atoms with Crippen molar-refractivity contribution in [2.24, 2.45) is 4.99 Å². The van der Waals surface area contributed by atoms with E-state index in [0.717, 1.165) is 24.5 Å². The minimum atomic E-state index is 0.336. The molecule has 1 aromatic carbocycles. The molecule has 0 saturated heterocycles. The fraction of sp³-hybridized carbons (Fsp3) is 0.588. The molecule has 0 fully saturated rings. The zero-order valence-electron chi connectivity index (χ0n) is 15.0. The number of benzene rings is 1. The second-order valence-electron chi connectivity index (χ2n) is 5.30. The van der Waals surface area contributed by atoms with Crippen molar-refractivity contribution < 1.29 is 14.2 Å². The van der Waals surface area contributed by atoms with Gasteiger partial charge in [0.2, 0.25) is 5.75 Å². The monoisotopic (exact) mass is 323 g/mol. The lowest BCUT2D eigenvalue weighted by atomic mass is 10.1. The molecule has 0 saturated carbocycles. The van der Waals surface area contributed by atoms with Gasteiger partial charge in [-0.15, -0.1) is 0 Å². The van der Waals surface area contributed by atoms with Crippen LogP contribution in [0, 0.1) is 0 Å². The number of hydrogen-bond acceptors (Lipinski definition) is 4. The average molecular weight is 323 g/mol. The average Bonchev–Trinajstić information content (AvgIpc) is 2.53. The molecule has 6 heteroatoms. The van der Waals surface area contributed by atoms with Crippen LogP contribution in [0.25, 0.3) is 0 Å². The highest BCUT2D eigenvalue weighted by Gasteiger charge is 2.15. The van der Waals surface area contributed by atoms with Crippen molar-refractivity contribution in [3.05, 3.63) is 17.7 Å². The molecule has 0 radical (unpaired) electrons. The van der Waals surface area contributed by atoms with E-state index in [1.54, 1.807) is 21.3 Å². The van der Waals surface area contributed by atoms with Crippen LogP contribution in [-0.4, -0.2) is 46.4 Å². The van der Waals surface area contributed by atoms with Gasteiger partial charge in [0.15, 0.2) is 17.5 Å². The van der Waals surface area contributed by atoms with Crippen LogP contribution in [0.5, 0.6) is 17.2 Å². The maximum Gasteiger partial charge on any atom is 0.203 e. The van der Waals surface area contributed by atoms with E-state index in [-0.39, 0.29) is 0 Å². The normalized spacial score (nSPS) is 11.3. The van der Waals surface area contributed by atoms with Gasteiger partial charge < -0.3 is 24.8 Å². The van der Waals surface area contributed by atoms with E-state index < -0.39 is 0 Å². The highest BCUT2D eigenvalue weighted by Crippen LogP contribution is 2.39. The van der Waals surface area contributed by atoms with Gasteiger partial charge in [0.1, 0.15) is 0 Å². The third-order valence-corrected chi connectivity index (χ3v) is 3.21. The Balaban J connectivity index is 2.88. The molecule has 0 aromatic heterocycles. The molecule has 130 valence electrons. The van der Waals surface area contributed by atoms with Gasteiger partial charge in [-0.3, -0.25) is 4.99 Å². The van der Waals surface area contributed by atoms with Crippen LogP contribution in [-0.2, 0) is 6.42 Å². The SMILES string of the molecule is CCNC(=NCCc1ccc(OC)c(OC)c1OC)NC(C)C. The Hall–Kier alpha value is -2.11. The number of nitrogens with zero attached hydrogens (tertiary/aromatic N) is 1. The number of hydrogen-bond donors (Lipinski definition) is 2. The molecule has 0 spiro atoms. The van der Waals surface area contributed by atoms with Crippen LogP contribution in [0.4, 0.5) is 0 Å². The van der Waals surface area contributed by atoms with Crippen molar-refractivity contribution in [2.45, 2.75) is 33.2 Å². The van der Waals surface area contributed by atoms with E-state index in [2.05, 4.69) is 36.4 Å². The molecule has 2 N–H and O–H groups in total. The number of guanidine groups is 1. The topological polar surface area (TPSA) is 64.1 Å². The fourth-order valence-corrected chi connectivity index (χ4v) is 2.24. The van der Waals surface area contributed by atoms with E-state index in [1.165, 1.54) is 0 Å². The van der Waals surface area contributed by atoms with E-state index in [1.807, 2.05) is 12.1 Å². The molecule has 0 aliphatic heterocycles. The first-order valence-corrected chi connectivity index (χ1v) is 7.90. The molecule has 0 unspecified atom stereocenters. The summed E-state index contributed by atoms with van der Waals surface area (Å²) >= 11 is 0. The number of nitrogens with one attached hydrogen (secondary N) is 2. The van der Waals surface area contributed by atoms with Gasteiger partial charge in [0.25, 0.3) is 0 Å². The molecular weight excluding hydrogens is 294 g/mol. The molecule has 1 aromatic rings. The maximum atomic E-state index is 5.49. The van der Waals surface area contributed by atoms with E-state index >= 15 is 0 Å². The second-order valence-corrected chi connectivity index (χ2v) is 5.30. The lowest BCUT2D eigenvalue weighted by Gasteiger charge is -2.16. The predicted molar refractivity (Wildman–Crippen MR) is 94.1 cm³/mol. The van der Waals surface area contributed by atoms with Gasteiger partial charge >= 0.3 is 0 Å². The van der Waals surface area contributed by atoms with Crippen LogP contribution in [0.2, 0.25) is 0 Å². The highest BCUT2D eigenvalue weighted by atomic mass is 16.5. The molecular formula is C17H29N3O3. The van der Waals surface area contributed by atoms with Crippen LogP contribution >= 0.6 is 0 Å². The summed E-state index contributed by atoms with van der Waals surface area (Å²) in [6.07, 6.45) is 0.748. The summed E-state index contributed by atoms with van der Waals surface area (Å²) < 4.78 is 16.2. The molecule has 0 amide bonds. The van der Waals surface area contributed by atoms with Gasteiger partial charge in [0.05, 0.1) is 21.3 Å². The van der Waals surface area contributed by atoms with Crippen LogP contribution < -0.4 is 24.8 Å². The second kappa shape index (κ2) is 9.82. The lowest BCUT2D eigenvalue weighted by Crippen LogP contribution is -2.41. The Bertz CT molecular complexity index is 516.